The van der Waals surface area contributed by atoms with Gasteiger partial charge < -0.3 is 14.5 Å². The molecule has 1 heterocycles. The van der Waals surface area contributed by atoms with Crippen LogP contribution in [0.25, 0.3) is 10.9 Å². The average molecular weight is 388 g/mol. The molecule has 1 aromatic heterocycles. The van der Waals surface area contributed by atoms with Gasteiger partial charge in [0.15, 0.2) is 6.61 Å². The van der Waals surface area contributed by atoms with Gasteiger partial charge in [0, 0.05) is 0 Å². The molecule has 8 nitrogen and oxygen atoms in total. The zero-order valence-corrected chi connectivity index (χ0v) is 14.9. The number of nitrogens with one attached hydrogen (secondary N) is 1. The highest BCUT2D eigenvalue weighted by Crippen LogP contribution is 2.24. The van der Waals surface area contributed by atoms with Crippen molar-refractivity contribution in [3.8, 4) is 5.75 Å². The number of nitrogens with zero attached hydrogens (tertiary/aromatic N) is 2. The number of para-hydroxylation sites is 1. The fourth-order valence-electron chi connectivity index (χ4n) is 2.29. The molecule has 0 fully saturated rings. The largest absolute Gasteiger partial charge is 0.480 e. The molecule has 1 N–H and O–H groups in total. The molecule has 0 aliphatic carbocycles. The first-order chi connectivity index (χ1) is 13.0. The second-order valence-electron chi connectivity index (χ2n) is 5.39. The van der Waals surface area contributed by atoms with Crippen LogP contribution in [0.15, 0.2) is 57.2 Å². The Kier molecular flexibility index (Phi) is 5.37. The summed E-state index contributed by atoms with van der Waals surface area (Å²) in [7, 11) is 1.25. The van der Waals surface area contributed by atoms with Gasteiger partial charge in [-0.1, -0.05) is 23.7 Å². The highest BCUT2D eigenvalue weighted by molar-refractivity contribution is 6.32. The summed E-state index contributed by atoms with van der Waals surface area (Å²) in [6.07, 6.45) is 1.32. The smallest absolute Gasteiger partial charge is 0.349 e. The van der Waals surface area contributed by atoms with Crippen molar-refractivity contribution in [2.75, 3.05) is 13.7 Å². The number of aromatic amines is 1. The van der Waals surface area contributed by atoms with E-state index in [1.54, 1.807) is 36.4 Å². The van der Waals surface area contributed by atoms with Crippen molar-refractivity contribution in [3.63, 3.8) is 0 Å². The lowest BCUT2D eigenvalue weighted by Gasteiger charge is -2.07. The molecule has 9 heteroatoms. The normalized spacial score (nSPS) is 11.0. The van der Waals surface area contributed by atoms with Crippen LogP contribution in [-0.2, 0) is 9.53 Å². The number of fused-ring (bicyclic) bond motifs is 1. The molecular weight excluding hydrogens is 374 g/mol. The summed E-state index contributed by atoms with van der Waals surface area (Å²) < 4.78 is 10.4. The summed E-state index contributed by atoms with van der Waals surface area (Å²) in [5, 5.41) is 4.53. The number of methoxy groups -OCH3 is 1. The Hall–Kier alpha value is -3.39. The number of carbonyl (C=O) groups is 1. The number of hydrogen-bond donors (Lipinski definition) is 1. The summed E-state index contributed by atoms with van der Waals surface area (Å²) >= 11 is 6.10. The first-order valence-corrected chi connectivity index (χ1v) is 8.15. The number of ether oxygens (including phenoxy) is 2. The van der Waals surface area contributed by atoms with Gasteiger partial charge in [-0.25, -0.2) is 9.59 Å². The van der Waals surface area contributed by atoms with Crippen molar-refractivity contribution >= 4 is 34.7 Å². The van der Waals surface area contributed by atoms with E-state index in [1.807, 2.05) is 0 Å². The maximum Gasteiger partial charge on any atom is 0.349 e. The molecule has 0 radical (unpaired) electrons. The SMILES string of the molecule is COC(=O)COc1ccc(C=Nn2c(=O)[nH]c3ccccc3c2=O)cc1Cl. The minimum absolute atomic E-state index is 0.239. The van der Waals surface area contributed by atoms with Crippen LogP contribution in [0.5, 0.6) is 5.75 Å². The molecule has 0 aliphatic rings. The standard InChI is InChI=1S/C18H14ClN3O5/c1-26-16(23)10-27-15-7-6-11(8-13(15)19)9-20-22-17(24)12-4-2-3-5-14(12)21-18(22)25/h2-9H,10H2,1H3,(H,21,25). The predicted molar refractivity (Wildman–Crippen MR) is 101 cm³/mol. The van der Waals surface area contributed by atoms with Crippen LogP contribution in [-0.4, -0.2) is 35.6 Å². The van der Waals surface area contributed by atoms with E-state index in [1.165, 1.54) is 19.4 Å². The lowest BCUT2D eigenvalue weighted by molar-refractivity contribution is -0.142. The second-order valence-corrected chi connectivity index (χ2v) is 5.80. The molecule has 0 spiro atoms. The van der Waals surface area contributed by atoms with Crippen LogP contribution >= 0.6 is 11.6 Å². The quantitative estimate of drug-likeness (QED) is 0.531. The predicted octanol–water partition coefficient (Wildman–Crippen LogP) is 1.78. The summed E-state index contributed by atoms with van der Waals surface area (Å²) in [6.45, 7) is -0.272. The Morgan fingerprint density at radius 3 is 2.78 bits per heavy atom. The highest BCUT2D eigenvalue weighted by atomic mass is 35.5. The molecule has 0 amide bonds. The second kappa shape index (κ2) is 7.88. The van der Waals surface area contributed by atoms with E-state index in [9.17, 15) is 14.4 Å². The number of esters is 1. The van der Waals surface area contributed by atoms with Crippen molar-refractivity contribution in [2.24, 2.45) is 5.10 Å². The Balaban J connectivity index is 1.87. The lowest BCUT2D eigenvalue weighted by atomic mass is 10.2. The van der Waals surface area contributed by atoms with Gasteiger partial charge in [0.05, 0.1) is 29.2 Å². The monoisotopic (exact) mass is 387 g/mol. The molecule has 0 saturated carbocycles. The van der Waals surface area contributed by atoms with Gasteiger partial charge in [0.1, 0.15) is 5.75 Å². The van der Waals surface area contributed by atoms with Crippen LogP contribution < -0.4 is 16.0 Å². The number of rotatable bonds is 5. The molecule has 0 saturated heterocycles. The maximum absolute atomic E-state index is 12.4. The fourth-order valence-corrected chi connectivity index (χ4v) is 2.54. The summed E-state index contributed by atoms with van der Waals surface area (Å²) in [5.41, 5.74) is -0.215. The molecule has 0 bridgehead atoms. The first kappa shape index (κ1) is 18.4. The molecule has 0 atom stereocenters. The Bertz CT molecular complexity index is 1150. The molecule has 3 rings (SSSR count). The minimum atomic E-state index is -0.654. The van der Waals surface area contributed by atoms with Crippen molar-refractivity contribution in [3.05, 3.63) is 73.9 Å². The summed E-state index contributed by atoms with van der Waals surface area (Å²) in [4.78, 5) is 38.2. The Labute approximate surface area is 157 Å². The van der Waals surface area contributed by atoms with E-state index in [-0.39, 0.29) is 11.6 Å². The molecule has 2 aromatic carbocycles. The number of carbonyl (C=O) groups excluding carboxylic acids is 1. The lowest BCUT2D eigenvalue weighted by Crippen LogP contribution is -2.32. The third kappa shape index (κ3) is 4.06. The van der Waals surface area contributed by atoms with Crippen LogP contribution in [0.3, 0.4) is 0 Å². The topological polar surface area (TPSA) is 103 Å². The number of halogens is 1. The molecular formula is C18H14ClN3O5. The molecule has 27 heavy (non-hydrogen) atoms. The van der Waals surface area contributed by atoms with E-state index in [4.69, 9.17) is 16.3 Å². The number of aromatic nitrogens is 2. The zero-order valence-electron chi connectivity index (χ0n) is 14.1. The number of benzene rings is 2. The molecule has 0 unspecified atom stereocenters. The number of H-pyrrole nitrogens is 1. The van der Waals surface area contributed by atoms with E-state index >= 15 is 0 Å². The molecule has 0 aliphatic heterocycles. The van der Waals surface area contributed by atoms with E-state index in [2.05, 4.69) is 14.8 Å². The zero-order chi connectivity index (χ0) is 19.4. The van der Waals surface area contributed by atoms with Crippen LogP contribution in [0.4, 0.5) is 0 Å². The van der Waals surface area contributed by atoms with E-state index in [0.29, 0.717) is 22.2 Å². The Morgan fingerprint density at radius 2 is 2.04 bits per heavy atom. The van der Waals surface area contributed by atoms with Gasteiger partial charge in [-0.2, -0.15) is 5.10 Å². The van der Waals surface area contributed by atoms with Crippen LogP contribution in [0.2, 0.25) is 5.02 Å². The van der Waals surface area contributed by atoms with E-state index < -0.39 is 17.2 Å². The van der Waals surface area contributed by atoms with Crippen molar-refractivity contribution in [2.45, 2.75) is 0 Å². The van der Waals surface area contributed by atoms with Crippen molar-refractivity contribution in [1.82, 2.24) is 9.66 Å². The van der Waals surface area contributed by atoms with Gasteiger partial charge >= 0.3 is 11.7 Å². The van der Waals surface area contributed by atoms with Crippen LogP contribution in [0.1, 0.15) is 5.56 Å². The summed E-state index contributed by atoms with van der Waals surface area (Å²) in [6, 6.07) is 11.3. The molecule has 138 valence electrons. The third-order valence-corrected chi connectivity index (χ3v) is 3.93. The first-order valence-electron chi connectivity index (χ1n) is 7.77. The van der Waals surface area contributed by atoms with Gasteiger partial charge in [-0.3, -0.25) is 4.79 Å². The average Bonchev–Trinajstić information content (AvgIpc) is 2.66. The van der Waals surface area contributed by atoms with Crippen LogP contribution in [0, 0.1) is 0 Å². The highest BCUT2D eigenvalue weighted by Gasteiger charge is 2.08. The fraction of sp³-hybridized carbons (Fsp3) is 0.111. The summed E-state index contributed by atoms with van der Waals surface area (Å²) in [5.74, 6) is -0.244. The van der Waals surface area contributed by atoms with Gasteiger partial charge in [0.2, 0.25) is 0 Å². The van der Waals surface area contributed by atoms with Gasteiger partial charge in [-0.05, 0) is 35.9 Å². The minimum Gasteiger partial charge on any atom is -0.480 e. The van der Waals surface area contributed by atoms with Gasteiger partial charge in [0.25, 0.3) is 5.56 Å². The van der Waals surface area contributed by atoms with Gasteiger partial charge in [-0.15, -0.1) is 4.68 Å². The molecule has 3 aromatic rings. The van der Waals surface area contributed by atoms with E-state index in [0.717, 1.165) is 4.68 Å². The van der Waals surface area contributed by atoms with Crippen molar-refractivity contribution in [1.29, 1.82) is 0 Å². The third-order valence-electron chi connectivity index (χ3n) is 3.64. The maximum atomic E-state index is 12.4. The van der Waals surface area contributed by atoms with Crippen molar-refractivity contribution < 1.29 is 14.3 Å². The Morgan fingerprint density at radius 1 is 1.26 bits per heavy atom. The number of hydrogen-bond acceptors (Lipinski definition) is 6.